The number of rotatable bonds is 5. The molecule has 2 atom stereocenters. The highest BCUT2D eigenvalue weighted by molar-refractivity contribution is 7.12. The second-order valence-electron chi connectivity index (χ2n) is 3.97. The van der Waals surface area contributed by atoms with E-state index in [-0.39, 0.29) is 17.6 Å². The van der Waals surface area contributed by atoms with E-state index in [4.69, 9.17) is 9.59 Å². The van der Waals surface area contributed by atoms with Crippen molar-refractivity contribution in [3.8, 4) is 0 Å². The summed E-state index contributed by atoms with van der Waals surface area (Å²) in [6.07, 6.45) is 0.250. The van der Waals surface area contributed by atoms with E-state index in [0.29, 0.717) is 0 Å². The van der Waals surface area contributed by atoms with Gasteiger partial charge in [-0.25, -0.2) is 0 Å². The van der Waals surface area contributed by atoms with Crippen LogP contribution in [0.1, 0.15) is 22.6 Å². The smallest absolute Gasteiger partial charge is 0.373 e. The van der Waals surface area contributed by atoms with Gasteiger partial charge in [0, 0.05) is 14.7 Å². The second-order valence-corrected chi connectivity index (χ2v) is 5.28. The Labute approximate surface area is 119 Å². The highest BCUT2D eigenvalue weighted by Crippen LogP contribution is 2.31. The van der Waals surface area contributed by atoms with Crippen molar-refractivity contribution < 1.29 is 24.0 Å². The maximum Gasteiger partial charge on any atom is 0.373 e. The Bertz CT molecular complexity index is 492. The lowest BCUT2D eigenvalue weighted by molar-refractivity contribution is -0.484. The van der Waals surface area contributed by atoms with Gasteiger partial charge in [0.25, 0.3) is 0 Å². The van der Waals surface area contributed by atoms with Crippen molar-refractivity contribution in [1.29, 1.82) is 0 Å². The van der Waals surface area contributed by atoms with Gasteiger partial charge in [0.05, 0.1) is 18.9 Å². The summed E-state index contributed by atoms with van der Waals surface area (Å²) in [5, 5.41) is 10.7. The molecule has 1 rings (SSSR count). The molecular formula is C12H15NO6S. The van der Waals surface area contributed by atoms with Crippen LogP contribution in [0.15, 0.2) is 12.1 Å². The Kier molecular flexibility index (Phi) is 8.03. The molecule has 0 spiro atoms. The number of nitro groups is 1. The summed E-state index contributed by atoms with van der Waals surface area (Å²) in [4.78, 5) is 39.9. The maximum absolute atomic E-state index is 11.5. The van der Waals surface area contributed by atoms with Crippen LogP contribution < -0.4 is 0 Å². The van der Waals surface area contributed by atoms with Gasteiger partial charge in [-0.05, 0) is 19.1 Å². The number of carbonyl (C=O) groups excluding carboxylic acids is 3. The molecule has 7 nitrogen and oxygen atoms in total. The lowest BCUT2D eigenvalue weighted by Gasteiger charge is -2.17. The van der Waals surface area contributed by atoms with Crippen molar-refractivity contribution in [1.82, 2.24) is 0 Å². The fourth-order valence-corrected chi connectivity index (χ4v) is 2.73. The number of ether oxygens (including phenoxy) is 1. The van der Waals surface area contributed by atoms with Crippen LogP contribution in [0.2, 0.25) is 0 Å². The molecule has 0 aliphatic heterocycles. The van der Waals surface area contributed by atoms with Gasteiger partial charge in [-0.3, -0.25) is 14.9 Å². The zero-order chi connectivity index (χ0) is 15.7. The van der Waals surface area contributed by atoms with Gasteiger partial charge >= 0.3 is 12.1 Å². The predicted molar refractivity (Wildman–Crippen MR) is 69.8 cm³/mol. The van der Waals surface area contributed by atoms with Gasteiger partial charge in [0.1, 0.15) is 0 Å². The molecule has 0 aliphatic carbocycles. The Morgan fingerprint density at radius 3 is 2.40 bits per heavy atom. The van der Waals surface area contributed by atoms with Gasteiger partial charge in [0.2, 0.25) is 6.54 Å². The van der Waals surface area contributed by atoms with Crippen molar-refractivity contribution >= 4 is 23.5 Å². The number of nitrogens with zero attached hydrogens (tertiary/aromatic N) is 1. The number of methoxy groups -OCH3 is 1. The molecule has 8 heteroatoms. The predicted octanol–water partition coefficient (Wildman–Crippen LogP) is 1.64. The Hall–Kier alpha value is -2.05. The zero-order valence-electron chi connectivity index (χ0n) is 11.3. The third kappa shape index (κ3) is 5.73. The second kappa shape index (κ2) is 8.95. The molecule has 0 fully saturated rings. The molecule has 0 saturated heterocycles. The van der Waals surface area contributed by atoms with Crippen LogP contribution >= 0.6 is 11.3 Å². The highest BCUT2D eigenvalue weighted by atomic mass is 32.1. The minimum atomic E-state index is -0.511. The molecule has 0 radical (unpaired) electrons. The topological polar surface area (TPSA) is 104 Å². The van der Waals surface area contributed by atoms with E-state index in [9.17, 15) is 14.9 Å². The van der Waals surface area contributed by atoms with Crippen LogP contribution in [-0.4, -0.2) is 30.7 Å². The fraction of sp³-hybridized carbons (Fsp3) is 0.500. The van der Waals surface area contributed by atoms with Gasteiger partial charge in [0.15, 0.2) is 0 Å². The molecule has 110 valence electrons. The number of carbonyl (C=O) groups is 1. The monoisotopic (exact) mass is 301 g/mol. The van der Waals surface area contributed by atoms with Crippen molar-refractivity contribution in [2.75, 3.05) is 13.7 Å². The van der Waals surface area contributed by atoms with Crippen LogP contribution in [0.3, 0.4) is 0 Å². The van der Waals surface area contributed by atoms with Gasteiger partial charge in [-0.1, -0.05) is 6.92 Å². The molecule has 1 unspecified atom stereocenters. The average molecular weight is 301 g/mol. The molecule has 1 aromatic rings. The minimum Gasteiger partial charge on any atom is -0.469 e. The van der Waals surface area contributed by atoms with Crippen LogP contribution in [0.4, 0.5) is 0 Å². The standard InChI is InChI=1S/C11H15NO4S.CO2/c1-7-4-5-10(17-7)9(6-12(14)15)8(2)11(13)16-3;2-1-3/h4-5,8-9H,6H2,1-3H3;/t8?,9-;/m0./s1. The highest BCUT2D eigenvalue weighted by Gasteiger charge is 2.31. The maximum atomic E-state index is 11.5. The summed E-state index contributed by atoms with van der Waals surface area (Å²) in [6, 6.07) is 3.74. The van der Waals surface area contributed by atoms with Crippen molar-refractivity contribution in [3.63, 3.8) is 0 Å². The van der Waals surface area contributed by atoms with E-state index >= 15 is 0 Å². The van der Waals surface area contributed by atoms with Crippen molar-refractivity contribution in [3.05, 3.63) is 32.0 Å². The number of hydrogen-bond donors (Lipinski definition) is 0. The fourth-order valence-electron chi connectivity index (χ4n) is 1.66. The molecule has 1 aromatic heterocycles. The van der Waals surface area contributed by atoms with Gasteiger partial charge in [-0.15, -0.1) is 11.3 Å². The summed E-state index contributed by atoms with van der Waals surface area (Å²) in [6.45, 7) is 3.34. The molecule has 0 aliphatic rings. The quantitative estimate of drug-likeness (QED) is 0.465. The van der Waals surface area contributed by atoms with Crippen molar-refractivity contribution in [2.24, 2.45) is 5.92 Å². The first-order valence-corrected chi connectivity index (χ1v) is 6.44. The minimum absolute atomic E-state index is 0.250. The van der Waals surface area contributed by atoms with Crippen LogP contribution in [0.5, 0.6) is 0 Å². The first-order valence-electron chi connectivity index (χ1n) is 5.62. The summed E-state index contributed by atoms with van der Waals surface area (Å²) < 4.78 is 4.65. The summed E-state index contributed by atoms with van der Waals surface area (Å²) in [7, 11) is 1.29. The van der Waals surface area contributed by atoms with Crippen LogP contribution in [-0.2, 0) is 19.1 Å². The molecule has 1 heterocycles. The molecule has 0 N–H and O–H groups in total. The Morgan fingerprint density at radius 2 is 2.05 bits per heavy atom. The average Bonchev–Trinajstić information content (AvgIpc) is 2.81. The lowest BCUT2D eigenvalue weighted by Crippen LogP contribution is -2.25. The lowest BCUT2D eigenvalue weighted by atomic mass is 9.92. The third-order valence-electron chi connectivity index (χ3n) is 2.65. The summed E-state index contributed by atoms with van der Waals surface area (Å²) in [5.41, 5.74) is 0. The largest absolute Gasteiger partial charge is 0.469 e. The Balaban J connectivity index is 0.00000110. The Morgan fingerprint density at radius 1 is 1.50 bits per heavy atom. The zero-order valence-corrected chi connectivity index (χ0v) is 12.1. The SMILES string of the molecule is COC(=O)C(C)[C@H](C[N+](=O)[O-])c1ccc(C)s1.O=C=O. The number of esters is 1. The first kappa shape index (κ1) is 17.9. The normalized spacial score (nSPS) is 12.3. The van der Waals surface area contributed by atoms with Crippen LogP contribution in [0.25, 0.3) is 0 Å². The van der Waals surface area contributed by atoms with E-state index in [2.05, 4.69) is 4.74 Å². The van der Waals surface area contributed by atoms with Crippen LogP contribution in [0, 0.1) is 23.0 Å². The molecular weight excluding hydrogens is 286 g/mol. The number of thiophene rings is 1. The first-order chi connectivity index (χ1) is 9.37. The number of hydrogen-bond acceptors (Lipinski definition) is 7. The summed E-state index contributed by atoms with van der Waals surface area (Å²) >= 11 is 1.48. The molecule has 0 bridgehead atoms. The van der Waals surface area contributed by atoms with E-state index in [0.717, 1.165) is 9.75 Å². The molecule has 0 saturated carbocycles. The number of aryl methyl sites for hydroxylation is 1. The van der Waals surface area contributed by atoms with Gasteiger partial charge < -0.3 is 4.74 Å². The van der Waals surface area contributed by atoms with Crippen molar-refractivity contribution in [2.45, 2.75) is 19.8 Å². The summed E-state index contributed by atoms with van der Waals surface area (Å²) in [5.74, 6) is -1.34. The van der Waals surface area contributed by atoms with E-state index < -0.39 is 17.8 Å². The molecule has 0 amide bonds. The van der Waals surface area contributed by atoms with E-state index in [1.165, 1.54) is 18.4 Å². The molecule has 20 heavy (non-hydrogen) atoms. The van der Waals surface area contributed by atoms with E-state index in [1.807, 2.05) is 19.1 Å². The molecule has 0 aromatic carbocycles. The third-order valence-corrected chi connectivity index (χ3v) is 3.78. The van der Waals surface area contributed by atoms with E-state index in [1.54, 1.807) is 6.92 Å². The van der Waals surface area contributed by atoms with Gasteiger partial charge in [-0.2, -0.15) is 9.59 Å².